The number of likely N-dealkylation sites (tertiary alicyclic amines) is 1. The van der Waals surface area contributed by atoms with Gasteiger partial charge in [0.25, 0.3) is 5.91 Å². The lowest BCUT2D eigenvalue weighted by atomic mass is 10.0. The Morgan fingerprint density at radius 1 is 1.22 bits per heavy atom. The summed E-state index contributed by atoms with van der Waals surface area (Å²) in [5.41, 5.74) is -0.875. The first-order valence-corrected chi connectivity index (χ1v) is 6.71. The Bertz CT molecular complexity index is 684. The van der Waals surface area contributed by atoms with Gasteiger partial charge in [0.15, 0.2) is 11.8 Å². The highest BCUT2D eigenvalue weighted by Gasteiger charge is 2.46. The Balaban J connectivity index is 1.73. The van der Waals surface area contributed by atoms with Gasteiger partial charge in [0, 0.05) is 12.1 Å². The van der Waals surface area contributed by atoms with Crippen LogP contribution in [0.2, 0.25) is 0 Å². The predicted octanol–water partition coefficient (Wildman–Crippen LogP) is 1.62. The molecule has 2 atom stereocenters. The number of halogens is 3. The number of amides is 1. The molecule has 23 heavy (non-hydrogen) atoms. The summed E-state index contributed by atoms with van der Waals surface area (Å²) < 4.78 is 37.5. The average Bonchev–Trinajstić information content (AvgIpc) is 3.05. The van der Waals surface area contributed by atoms with Crippen LogP contribution in [0.25, 0.3) is 0 Å². The van der Waals surface area contributed by atoms with Crippen molar-refractivity contribution >= 4 is 17.6 Å². The second kappa shape index (κ2) is 5.25. The van der Waals surface area contributed by atoms with Crippen LogP contribution in [0.3, 0.4) is 0 Å². The van der Waals surface area contributed by atoms with Gasteiger partial charge >= 0.3 is 12.1 Å². The molecule has 1 aromatic rings. The molecule has 2 heterocycles. The van der Waals surface area contributed by atoms with E-state index in [2.05, 4.69) is 5.16 Å². The van der Waals surface area contributed by atoms with Crippen LogP contribution in [0.5, 0.6) is 0 Å². The molecular formula is C14H11F3N2O4. The van der Waals surface area contributed by atoms with Crippen LogP contribution < -0.4 is 0 Å². The first kappa shape index (κ1) is 15.3. The highest BCUT2D eigenvalue weighted by molar-refractivity contribution is 6.37. The summed E-state index contributed by atoms with van der Waals surface area (Å²) in [5, 5.41) is 12.5. The molecule has 3 rings (SSSR count). The summed E-state index contributed by atoms with van der Waals surface area (Å²) in [4.78, 5) is 29.7. The summed E-state index contributed by atoms with van der Waals surface area (Å²) in [6.07, 6.45) is -4.99. The van der Waals surface area contributed by atoms with Crippen molar-refractivity contribution in [2.45, 2.75) is 12.3 Å². The van der Waals surface area contributed by atoms with E-state index in [4.69, 9.17) is 9.94 Å². The van der Waals surface area contributed by atoms with Crippen LogP contribution in [0, 0.1) is 5.92 Å². The lowest BCUT2D eigenvalue weighted by molar-refractivity contribution is -0.137. The fourth-order valence-corrected chi connectivity index (χ4v) is 2.68. The van der Waals surface area contributed by atoms with Gasteiger partial charge in [-0.3, -0.25) is 4.79 Å². The number of hydrogen-bond donors (Lipinski definition) is 1. The number of carbonyl (C=O) groups is 2. The van der Waals surface area contributed by atoms with E-state index in [1.165, 1.54) is 4.90 Å². The monoisotopic (exact) mass is 328 g/mol. The van der Waals surface area contributed by atoms with Crippen molar-refractivity contribution in [2.75, 3.05) is 13.1 Å². The normalized spacial score (nSPS) is 23.3. The van der Waals surface area contributed by atoms with E-state index < -0.39 is 35.6 Å². The van der Waals surface area contributed by atoms with Crippen LogP contribution >= 0.6 is 0 Å². The minimum Gasteiger partial charge on any atom is -0.477 e. The molecule has 1 aromatic carbocycles. The Morgan fingerprint density at radius 3 is 2.43 bits per heavy atom. The summed E-state index contributed by atoms with van der Waals surface area (Å²) in [6, 6.07) is 3.88. The van der Waals surface area contributed by atoms with Crippen molar-refractivity contribution in [3.05, 3.63) is 35.4 Å². The Labute approximate surface area is 128 Å². The zero-order chi connectivity index (χ0) is 16.8. The summed E-state index contributed by atoms with van der Waals surface area (Å²) in [7, 11) is 0. The van der Waals surface area contributed by atoms with E-state index in [1.54, 1.807) is 0 Å². The number of fused-ring (bicyclic) bond motifs is 1. The highest BCUT2D eigenvalue weighted by Crippen LogP contribution is 2.31. The molecule has 9 heteroatoms. The number of hydrogen-bond acceptors (Lipinski definition) is 4. The molecule has 0 aliphatic carbocycles. The minimum absolute atomic E-state index is 0.104. The third-order valence-corrected chi connectivity index (χ3v) is 3.87. The van der Waals surface area contributed by atoms with Crippen molar-refractivity contribution < 1.29 is 32.7 Å². The third kappa shape index (κ3) is 2.73. The van der Waals surface area contributed by atoms with Crippen LogP contribution in [-0.4, -0.2) is 46.8 Å². The van der Waals surface area contributed by atoms with Crippen molar-refractivity contribution in [1.82, 2.24) is 4.90 Å². The molecule has 6 nitrogen and oxygen atoms in total. The maximum absolute atomic E-state index is 12.5. The maximum Gasteiger partial charge on any atom is 0.416 e. The molecule has 1 N–H and O–H groups in total. The molecule has 1 amide bonds. The lowest BCUT2D eigenvalue weighted by Crippen LogP contribution is -2.31. The highest BCUT2D eigenvalue weighted by atomic mass is 19.4. The van der Waals surface area contributed by atoms with Gasteiger partial charge in [-0.05, 0) is 24.3 Å². The van der Waals surface area contributed by atoms with E-state index in [0.717, 1.165) is 24.3 Å². The summed E-state index contributed by atoms with van der Waals surface area (Å²) in [6.45, 7) is 0.250. The van der Waals surface area contributed by atoms with E-state index in [9.17, 15) is 22.8 Å². The second-order valence-electron chi connectivity index (χ2n) is 5.32. The second-order valence-corrected chi connectivity index (χ2v) is 5.32. The van der Waals surface area contributed by atoms with Gasteiger partial charge in [-0.15, -0.1) is 0 Å². The van der Waals surface area contributed by atoms with E-state index >= 15 is 0 Å². The summed E-state index contributed by atoms with van der Waals surface area (Å²) >= 11 is 0. The lowest BCUT2D eigenvalue weighted by Gasteiger charge is -2.17. The Hall–Kier alpha value is -2.58. The zero-order valence-corrected chi connectivity index (χ0v) is 11.6. The van der Waals surface area contributed by atoms with Crippen LogP contribution in [0.1, 0.15) is 15.9 Å². The molecule has 122 valence electrons. The third-order valence-electron chi connectivity index (χ3n) is 3.87. The van der Waals surface area contributed by atoms with Crippen molar-refractivity contribution in [3.63, 3.8) is 0 Å². The number of rotatable bonds is 2. The largest absolute Gasteiger partial charge is 0.477 e. The summed E-state index contributed by atoms with van der Waals surface area (Å²) in [5.74, 6) is -2.20. The number of carboxylic acid groups (broad SMARTS) is 1. The van der Waals surface area contributed by atoms with Gasteiger partial charge in [-0.25, -0.2) is 4.79 Å². The van der Waals surface area contributed by atoms with Crippen LogP contribution in [0.4, 0.5) is 13.2 Å². The van der Waals surface area contributed by atoms with E-state index in [0.29, 0.717) is 0 Å². The number of oxime groups is 1. The van der Waals surface area contributed by atoms with Gasteiger partial charge in [0.1, 0.15) is 0 Å². The maximum atomic E-state index is 12.5. The Kier molecular flexibility index (Phi) is 3.50. The molecule has 2 aliphatic rings. The Morgan fingerprint density at radius 2 is 1.87 bits per heavy atom. The quantitative estimate of drug-likeness (QED) is 0.895. The topological polar surface area (TPSA) is 79.2 Å². The average molecular weight is 328 g/mol. The number of aliphatic carboxylic acids is 1. The molecule has 2 unspecified atom stereocenters. The van der Waals surface area contributed by atoms with Gasteiger partial charge in [0.05, 0.1) is 18.0 Å². The smallest absolute Gasteiger partial charge is 0.416 e. The first-order chi connectivity index (χ1) is 10.8. The van der Waals surface area contributed by atoms with Crippen LogP contribution in [-0.2, 0) is 15.8 Å². The molecule has 1 fully saturated rings. The minimum atomic E-state index is -4.47. The zero-order valence-electron chi connectivity index (χ0n) is 11.6. The fourth-order valence-electron chi connectivity index (χ4n) is 2.68. The molecular weight excluding hydrogens is 317 g/mol. The molecule has 0 aromatic heterocycles. The predicted molar refractivity (Wildman–Crippen MR) is 70.8 cm³/mol. The van der Waals surface area contributed by atoms with Gasteiger partial charge < -0.3 is 14.8 Å². The molecule has 0 radical (unpaired) electrons. The standard InChI is InChI=1S/C14H11F3N2O4/c15-14(16,17)8-3-1-7(2-4-8)12(20)19-5-9-10(6-19)23-18-11(9)13(21)22/h1-4,9-10H,5-6H2,(H,21,22). The number of nitrogens with zero attached hydrogens (tertiary/aromatic N) is 2. The van der Waals surface area contributed by atoms with Crippen molar-refractivity contribution in [2.24, 2.45) is 11.1 Å². The van der Waals surface area contributed by atoms with Gasteiger partial charge in [-0.1, -0.05) is 5.16 Å². The molecule has 0 saturated carbocycles. The molecule has 2 aliphatic heterocycles. The number of carbonyl (C=O) groups excluding carboxylic acids is 1. The number of carboxylic acids is 1. The molecule has 0 spiro atoms. The van der Waals surface area contributed by atoms with Gasteiger partial charge in [-0.2, -0.15) is 13.2 Å². The van der Waals surface area contributed by atoms with E-state index in [-0.39, 0.29) is 24.4 Å². The molecule has 1 saturated heterocycles. The molecule has 0 bridgehead atoms. The van der Waals surface area contributed by atoms with E-state index in [1.807, 2.05) is 0 Å². The van der Waals surface area contributed by atoms with Crippen molar-refractivity contribution in [1.29, 1.82) is 0 Å². The number of benzene rings is 1. The van der Waals surface area contributed by atoms with Crippen LogP contribution in [0.15, 0.2) is 29.4 Å². The first-order valence-electron chi connectivity index (χ1n) is 6.71. The SMILES string of the molecule is O=C(O)C1=NOC2CN(C(=O)c3ccc(C(F)(F)F)cc3)CC12. The van der Waals surface area contributed by atoms with Crippen molar-refractivity contribution in [3.8, 4) is 0 Å². The van der Waals surface area contributed by atoms with Gasteiger partial charge in [0.2, 0.25) is 0 Å². The fraction of sp³-hybridized carbons (Fsp3) is 0.357. The number of alkyl halides is 3.